The van der Waals surface area contributed by atoms with Crippen molar-refractivity contribution in [3.63, 3.8) is 0 Å². The van der Waals surface area contributed by atoms with Gasteiger partial charge in [-0.05, 0) is 60.7 Å². The lowest BCUT2D eigenvalue weighted by Crippen LogP contribution is -2.38. The van der Waals surface area contributed by atoms with Crippen LogP contribution in [-0.4, -0.2) is 34.8 Å². The van der Waals surface area contributed by atoms with E-state index in [2.05, 4.69) is 10.3 Å². The van der Waals surface area contributed by atoms with Crippen molar-refractivity contribution in [1.82, 2.24) is 9.88 Å². The van der Waals surface area contributed by atoms with E-state index < -0.39 is 0 Å². The Bertz CT molecular complexity index is 1430. The van der Waals surface area contributed by atoms with E-state index in [1.54, 1.807) is 23.6 Å². The smallest absolute Gasteiger partial charge is 0.275 e. The van der Waals surface area contributed by atoms with Gasteiger partial charge in [0.05, 0.1) is 5.01 Å². The zero-order valence-electron chi connectivity index (χ0n) is 20.7. The highest BCUT2D eigenvalue weighted by Crippen LogP contribution is 2.32. The van der Waals surface area contributed by atoms with E-state index in [-0.39, 0.29) is 29.4 Å². The maximum absolute atomic E-state index is 13.4. The second-order valence-corrected chi connectivity index (χ2v) is 10.3. The molecule has 4 aromatic rings. The minimum atomic E-state index is -0.315. The van der Waals surface area contributed by atoms with E-state index in [0.717, 1.165) is 34.5 Å². The summed E-state index contributed by atoms with van der Waals surface area (Å²) in [4.78, 5) is 32.1. The number of hydrogen-bond acceptors (Lipinski definition) is 4. The third-order valence-electron chi connectivity index (χ3n) is 6.80. The largest absolute Gasteiger partial charge is 0.343 e. The van der Waals surface area contributed by atoms with Gasteiger partial charge < -0.3 is 10.2 Å². The number of para-hydroxylation sites is 1. The highest BCUT2D eigenvalue weighted by atomic mass is 32.1. The van der Waals surface area contributed by atoms with Crippen LogP contribution in [0.15, 0.2) is 78.2 Å². The van der Waals surface area contributed by atoms with Gasteiger partial charge in [0.1, 0.15) is 17.3 Å². The number of halogens is 2. The summed E-state index contributed by atoms with van der Waals surface area (Å²) in [5.74, 6) is -0.632. The molecule has 1 N–H and O–H groups in total. The first-order valence-electron chi connectivity index (χ1n) is 12.6. The van der Waals surface area contributed by atoms with Crippen LogP contribution in [0.25, 0.3) is 11.1 Å². The van der Waals surface area contributed by atoms with Crippen molar-refractivity contribution >= 4 is 28.8 Å². The zero-order chi connectivity index (χ0) is 26.5. The SMILES string of the molecule is O=C(Nc1ccccc1-c1ccc(F)cc1)c1csc(C2CCN(C(=O)CCc3cccc(F)c3)CC2)n1. The van der Waals surface area contributed by atoms with Crippen LogP contribution in [0.3, 0.4) is 0 Å². The molecule has 2 amide bonds. The lowest BCUT2D eigenvalue weighted by Gasteiger charge is -2.31. The summed E-state index contributed by atoms with van der Waals surface area (Å²) >= 11 is 1.46. The predicted octanol–water partition coefficient (Wildman–Crippen LogP) is 6.68. The number of amides is 2. The molecule has 0 spiro atoms. The molecule has 3 aromatic carbocycles. The molecule has 1 aliphatic rings. The molecule has 38 heavy (non-hydrogen) atoms. The number of aromatic nitrogens is 1. The molecule has 0 aliphatic carbocycles. The van der Waals surface area contributed by atoms with Gasteiger partial charge in [0.25, 0.3) is 5.91 Å². The molecular formula is C30H27F2N3O2S. The lowest BCUT2D eigenvalue weighted by molar-refractivity contribution is -0.132. The molecule has 1 fully saturated rings. The summed E-state index contributed by atoms with van der Waals surface area (Å²) < 4.78 is 26.7. The first-order chi connectivity index (χ1) is 18.5. The molecule has 1 saturated heterocycles. The highest BCUT2D eigenvalue weighted by Gasteiger charge is 2.26. The Labute approximate surface area is 224 Å². The Kier molecular flexibility index (Phi) is 7.89. The Balaban J connectivity index is 1.16. The van der Waals surface area contributed by atoms with Crippen molar-refractivity contribution in [2.75, 3.05) is 18.4 Å². The Morgan fingerprint density at radius 3 is 2.47 bits per heavy atom. The maximum Gasteiger partial charge on any atom is 0.275 e. The lowest BCUT2D eigenvalue weighted by atomic mass is 9.97. The highest BCUT2D eigenvalue weighted by molar-refractivity contribution is 7.10. The normalized spacial score (nSPS) is 13.9. The number of anilines is 1. The van der Waals surface area contributed by atoms with Crippen LogP contribution in [-0.2, 0) is 11.2 Å². The summed E-state index contributed by atoms with van der Waals surface area (Å²) in [5, 5.41) is 5.61. The number of rotatable bonds is 7. The van der Waals surface area contributed by atoms with Gasteiger partial charge in [0.15, 0.2) is 0 Å². The third-order valence-corrected chi connectivity index (χ3v) is 7.81. The number of likely N-dealkylation sites (tertiary alicyclic amines) is 1. The van der Waals surface area contributed by atoms with E-state index in [0.29, 0.717) is 37.3 Å². The number of aryl methyl sites for hydroxylation is 1. The van der Waals surface area contributed by atoms with Crippen LogP contribution in [0.4, 0.5) is 14.5 Å². The molecule has 1 aromatic heterocycles. The van der Waals surface area contributed by atoms with Gasteiger partial charge >= 0.3 is 0 Å². The maximum atomic E-state index is 13.4. The third kappa shape index (κ3) is 6.14. The van der Waals surface area contributed by atoms with Gasteiger partial charge in [-0.2, -0.15) is 0 Å². The van der Waals surface area contributed by atoms with Crippen molar-refractivity contribution in [2.45, 2.75) is 31.6 Å². The van der Waals surface area contributed by atoms with E-state index in [9.17, 15) is 18.4 Å². The molecule has 194 valence electrons. The van der Waals surface area contributed by atoms with E-state index in [4.69, 9.17) is 0 Å². The topological polar surface area (TPSA) is 62.3 Å². The van der Waals surface area contributed by atoms with Gasteiger partial charge in [0.2, 0.25) is 5.91 Å². The number of piperidine rings is 1. The molecule has 2 heterocycles. The van der Waals surface area contributed by atoms with Crippen LogP contribution >= 0.6 is 11.3 Å². The Morgan fingerprint density at radius 2 is 1.71 bits per heavy atom. The van der Waals surface area contributed by atoms with Crippen LogP contribution in [0, 0.1) is 11.6 Å². The fourth-order valence-electron chi connectivity index (χ4n) is 4.72. The zero-order valence-corrected chi connectivity index (χ0v) is 21.5. The number of hydrogen-bond donors (Lipinski definition) is 1. The first-order valence-corrected chi connectivity index (χ1v) is 13.5. The fraction of sp³-hybridized carbons (Fsp3) is 0.233. The average Bonchev–Trinajstić information content (AvgIpc) is 3.43. The average molecular weight is 532 g/mol. The summed E-state index contributed by atoms with van der Waals surface area (Å²) in [5.41, 5.74) is 3.41. The van der Waals surface area contributed by atoms with Gasteiger partial charge in [-0.25, -0.2) is 13.8 Å². The van der Waals surface area contributed by atoms with Crippen LogP contribution in [0.1, 0.15) is 46.2 Å². The summed E-state index contributed by atoms with van der Waals surface area (Å²) in [7, 11) is 0. The van der Waals surface area contributed by atoms with Crippen molar-refractivity contribution in [1.29, 1.82) is 0 Å². The van der Waals surface area contributed by atoms with Gasteiger partial charge in [-0.3, -0.25) is 9.59 Å². The predicted molar refractivity (Wildman–Crippen MR) is 145 cm³/mol. The van der Waals surface area contributed by atoms with Crippen LogP contribution < -0.4 is 5.32 Å². The first kappa shape index (κ1) is 25.7. The summed E-state index contributed by atoms with van der Waals surface area (Å²) in [6, 6.07) is 19.9. The minimum absolute atomic E-state index is 0.0757. The number of benzene rings is 3. The van der Waals surface area contributed by atoms with E-state index in [1.165, 1.54) is 35.6 Å². The molecule has 0 bridgehead atoms. The standard InChI is InChI=1S/C30H27F2N3O2S/c31-23-11-9-21(10-12-23)25-6-1-2-7-26(25)33-29(37)27-19-38-30(34-27)22-14-16-35(17-15-22)28(36)13-8-20-4-3-5-24(32)18-20/h1-7,9-12,18-19,22H,8,13-17H2,(H,33,37). The molecular weight excluding hydrogens is 504 g/mol. The number of carbonyl (C=O) groups excluding carboxylic acids is 2. The van der Waals surface area contributed by atoms with Crippen LogP contribution in [0.5, 0.6) is 0 Å². The molecule has 1 aliphatic heterocycles. The molecule has 5 rings (SSSR count). The molecule has 0 radical (unpaired) electrons. The van der Waals surface area contributed by atoms with Crippen molar-refractivity contribution in [2.24, 2.45) is 0 Å². The van der Waals surface area contributed by atoms with E-state index >= 15 is 0 Å². The van der Waals surface area contributed by atoms with Gasteiger partial charge in [-0.1, -0.05) is 42.5 Å². The monoisotopic (exact) mass is 531 g/mol. The summed E-state index contributed by atoms with van der Waals surface area (Å²) in [6.45, 7) is 1.28. The second-order valence-electron chi connectivity index (χ2n) is 9.36. The van der Waals surface area contributed by atoms with Crippen molar-refractivity contribution < 1.29 is 18.4 Å². The molecule has 0 atom stereocenters. The fourth-order valence-corrected chi connectivity index (χ4v) is 5.69. The number of nitrogens with zero attached hydrogens (tertiary/aromatic N) is 2. The number of nitrogens with one attached hydrogen (secondary N) is 1. The molecule has 0 saturated carbocycles. The number of carbonyl (C=O) groups is 2. The molecule has 5 nitrogen and oxygen atoms in total. The Morgan fingerprint density at radius 1 is 0.947 bits per heavy atom. The minimum Gasteiger partial charge on any atom is -0.343 e. The number of thiazole rings is 1. The quantitative estimate of drug-likeness (QED) is 0.289. The van der Waals surface area contributed by atoms with Crippen LogP contribution in [0.2, 0.25) is 0 Å². The van der Waals surface area contributed by atoms with E-state index in [1.807, 2.05) is 35.2 Å². The molecule has 8 heteroatoms. The van der Waals surface area contributed by atoms with Gasteiger partial charge in [-0.15, -0.1) is 11.3 Å². The second kappa shape index (κ2) is 11.6. The van der Waals surface area contributed by atoms with Crippen molar-refractivity contribution in [3.05, 3.63) is 106 Å². The van der Waals surface area contributed by atoms with Gasteiger partial charge in [0, 0.05) is 42.1 Å². The summed E-state index contributed by atoms with van der Waals surface area (Å²) in [6.07, 6.45) is 2.45. The Hall–Kier alpha value is -3.91. The molecule has 0 unspecified atom stereocenters. The van der Waals surface area contributed by atoms with Crippen molar-refractivity contribution in [3.8, 4) is 11.1 Å².